The van der Waals surface area contributed by atoms with Crippen LogP contribution in [0.15, 0.2) is 12.1 Å². The summed E-state index contributed by atoms with van der Waals surface area (Å²) in [5.41, 5.74) is -0.608. The molecule has 0 fully saturated rings. The lowest BCUT2D eigenvalue weighted by Crippen LogP contribution is -2.09. The Morgan fingerprint density at radius 3 is 2.39 bits per heavy atom. The third-order valence-electron chi connectivity index (χ3n) is 2.30. The van der Waals surface area contributed by atoms with E-state index in [0.29, 0.717) is 12.1 Å². The van der Waals surface area contributed by atoms with Crippen molar-refractivity contribution in [3.05, 3.63) is 41.0 Å². The predicted molar refractivity (Wildman–Crippen MR) is 53.8 cm³/mol. The van der Waals surface area contributed by atoms with Gasteiger partial charge < -0.3 is 5.11 Å². The average Bonchev–Trinajstić information content (AvgIpc) is 2.62. The van der Waals surface area contributed by atoms with Crippen molar-refractivity contribution in [2.45, 2.75) is 12.5 Å². The maximum absolute atomic E-state index is 13.4. The van der Waals surface area contributed by atoms with E-state index >= 15 is 0 Å². The lowest BCUT2D eigenvalue weighted by Gasteiger charge is -2.10. The Kier molecular flexibility index (Phi) is 3.28. The molecular formula is C10H9F3N4O. The minimum Gasteiger partial charge on any atom is -0.388 e. The van der Waals surface area contributed by atoms with Crippen LogP contribution in [0, 0.1) is 17.5 Å². The lowest BCUT2D eigenvalue weighted by molar-refractivity contribution is 0.165. The molecule has 1 unspecified atom stereocenters. The molecule has 96 valence electrons. The van der Waals surface area contributed by atoms with Crippen LogP contribution in [0.4, 0.5) is 13.2 Å². The van der Waals surface area contributed by atoms with Crippen molar-refractivity contribution >= 4 is 0 Å². The zero-order valence-electron chi connectivity index (χ0n) is 9.31. The maximum atomic E-state index is 13.4. The summed E-state index contributed by atoms with van der Waals surface area (Å²) in [5.74, 6) is -3.21. The van der Waals surface area contributed by atoms with Crippen LogP contribution in [-0.2, 0) is 13.5 Å². The quantitative estimate of drug-likeness (QED) is 0.888. The number of aromatic nitrogens is 4. The molecule has 0 bridgehead atoms. The number of nitrogens with zero attached hydrogens (tertiary/aromatic N) is 4. The Morgan fingerprint density at radius 2 is 1.89 bits per heavy atom. The van der Waals surface area contributed by atoms with Crippen molar-refractivity contribution in [3.8, 4) is 0 Å². The second kappa shape index (κ2) is 4.73. The first-order chi connectivity index (χ1) is 8.47. The van der Waals surface area contributed by atoms with Gasteiger partial charge in [-0.15, -0.1) is 10.2 Å². The van der Waals surface area contributed by atoms with Gasteiger partial charge in [0.25, 0.3) is 0 Å². The minimum absolute atomic E-state index is 0.133. The van der Waals surface area contributed by atoms with Crippen LogP contribution < -0.4 is 0 Å². The molecule has 0 aliphatic rings. The van der Waals surface area contributed by atoms with E-state index in [0.717, 1.165) is 4.80 Å². The van der Waals surface area contributed by atoms with Gasteiger partial charge in [0.05, 0.1) is 18.7 Å². The predicted octanol–water partition coefficient (Wildman–Crippen LogP) is 0.903. The molecule has 2 rings (SSSR count). The van der Waals surface area contributed by atoms with E-state index in [-0.39, 0.29) is 12.2 Å². The lowest BCUT2D eigenvalue weighted by atomic mass is 10.0. The number of hydrogen-bond donors (Lipinski definition) is 1. The molecule has 1 atom stereocenters. The van der Waals surface area contributed by atoms with Crippen LogP contribution in [-0.4, -0.2) is 25.3 Å². The fraction of sp³-hybridized carbons (Fsp3) is 0.300. The van der Waals surface area contributed by atoms with Crippen LogP contribution in [0.2, 0.25) is 0 Å². The highest BCUT2D eigenvalue weighted by molar-refractivity contribution is 5.23. The van der Waals surface area contributed by atoms with Crippen LogP contribution in [0.3, 0.4) is 0 Å². The van der Waals surface area contributed by atoms with Crippen LogP contribution in [0.25, 0.3) is 0 Å². The molecule has 18 heavy (non-hydrogen) atoms. The third kappa shape index (κ3) is 2.48. The molecule has 1 heterocycles. The van der Waals surface area contributed by atoms with E-state index in [1.165, 1.54) is 7.05 Å². The summed E-state index contributed by atoms with van der Waals surface area (Å²) >= 11 is 0. The highest BCUT2D eigenvalue weighted by Crippen LogP contribution is 2.23. The average molecular weight is 258 g/mol. The van der Waals surface area contributed by atoms with Gasteiger partial charge in [0.1, 0.15) is 17.5 Å². The molecule has 8 heteroatoms. The van der Waals surface area contributed by atoms with E-state index in [2.05, 4.69) is 15.4 Å². The van der Waals surface area contributed by atoms with Crippen LogP contribution in [0.1, 0.15) is 17.5 Å². The van der Waals surface area contributed by atoms with E-state index < -0.39 is 29.1 Å². The molecule has 2 aromatic rings. The van der Waals surface area contributed by atoms with E-state index in [1.807, 2.05) is 0 Å². The Hall–Kier alpha value is -1.96. The van der Waals surface area contributed by atoms with Crippen molar-refractivity contribution in [1.82, 2.24) is 20.2 Å². The van der Waals surface area contributed by atoms with Gasteiger partial charge in [-0.05, 0) is 5.21 Å². The molecule has 0 spiro atoms. The van der Waals surface area contributed by atoms with Gasteiger partial charge in [0.2, 0.25) is 0 Å². The zero-order chi connectivity index (χ0) is 13.3. The Bertz CT molecular complexity index is 549. The molecule has 0 saturated heterocycles. The number of tetrazole rings is 1. The van der Waals surface area contributed by atoms with E-state index in [4.69, 9.17) is 0 Å². The normalized spacial score (nSPS) is 12.7. The van der Waals surface area contributed by atoms with Gasteiger partial charge >= 0.3 is 0 Å². The summed E-state index contributed by atoms with van der Waals surface area (Å²) < 4.78 is 39.4. The van der Waals surface area contributed by atoms with Crippen molar-refractivity contribution in [2.24, 2.45) is 7.05 Å². The van der Waals surface area contributed by atoms with Crippen molar-refractivity contribution < 1.29 is 18.3 Å². The second-order valence-electron chi connectivity index (χ2n) is 3.70. The molecule has 5 nitrogen and oxygen atoms in total. The van der Waals surface area contributed by atoms with E-state index in [9.17, 15) is 18.3 Å². The van der Waals surface area contributed by atoms with Crippen molar-refractivity contribution in [3.63, 3.8) is 0 Å². The smallest absolute Gasteiger partial charge is 0.177 e. The fourth-order valence-electron chi connectivity index (χ4n) is 1.55. The van der Waals surface area contributed by atoms with Crippen LogP contribution >= 0.6 is 0 Å². The van der Waals surface area contributed by atoms with Crippen molar-refractivity contribution in [1.29, 1.82) is 0 Å². The Labute approximate surface area is 99.9 Å². The number of benzene rings is 1. The second-order valence-corrected chi connectivity index (χ2v) is 3.70. The first-order valence-electron chi connectivity index (χ1n) is 5.02. The largest absolute Gasteiger partial charge is 0.388 e. The van der Waals surface area contributed by atoms with Gasteiger partial charge in [-0.2, -0.15) is 4.80 Å². The highest BCUT2D eigenvalue weighted by Gasteiger charge is 2.21. The number of aryl methyl sites for hydroxylation is 1. The SMILES string of the molecule is Cn1nnc(CC(O)c2c(F)cc(F)cc2F)n1. The summed E-state index contributed by atoms with van der Waals surface area (Å²) in [5, 5.41) is 20.6. The topological polar surface area (TPSA) is 63.8 Å². The monoisotopic (exact) mass is 258 g/mol. The maximum Gasteiger partial charge on any atom is 0.177 e. The minimum atomic E-state index is -1.50. The molecule has 1 N–H and O–H groups in total. The van der Waals surface area contributed by atoms with Crippen LogP contribution in [0.5, 0.6) is 0 Å². The molecular weight excluding hydrogens is 249 g/mol. The Balaban J connectivity index is 2.26. The van der Waals surface area contributed by atoms with Gasteiger partial charge in [0, 0.05) is 18.6 Å². The first-order valence-corrected chi connectivity index (χ1v) is 5.02. The third-order valence-corrected chi connectivity index (χ3v) is 2.30. The summed E-state index contributed by atoms with van der Waals surface area (Å²) in [6.07, 6.45) is -1.72. The summed E-state index contributed by atoms with van der Waals surface area (Å²) in [4.78, 5) is 1.15. The van der Waals surface area contributed by atoms with Gasteiger partial charge in [-0.1, -0.05) is 0 Å². The molecule has 0 amide bonds. The van der Waals surface area contributed by atoms with Gasteiger partial charge in [0.15, 0.2) is 5.82 Å². The number of halogens is 3. The number of rotatable bonds is 3. The molecule has 1 aromatic carbocycles. The fourth-order valence-corrected chi connectivity index (χ4v) is 1.55. The molecule has 0 radical (unpaired) electrons. The van der Waals surface area contributed by atoms with E-state index in [1.54, 1.807) is 0 Å². The highest BCUT2D eigenvalue weighted by atomic mass is 19.1. The molecule has 1 aromatic heterocycles. The zero-order valence-corrected chi connectivity index (χ0v) is 9.31. The molecule has 0 aliphatic heterocycles. The molecule has 0 saturated carbocycles. The number of aliphatic hydroxyl groups is 1. The van der Waals surface area contributed by atoms with Gasteiger partial charge in [-0.3, -0.25) is 0 Å². The summed E-state index contributed by atoms with van der Waals surface area (Å²) in [6, 6.07) is 1.01. The first kappa shape index (κ1) is 12.5. The number of hydrogen-bond acceptors (Lipinski definition) is 4. The Morgan fingerprint density at radius 1 is 1.28 bits per heavy atom. The summed E-state index contributed by atoms with van der Waals surface area (Å²) in [7, 11) is 1.52. The molecule has 0 aliphatic carbocycles. The van der Waals surface area contributed by atoms with Gasteiger partial charge in [-0.25, -0.2) is 13.2 Å². The number of aliphatic hydroxyl groups excluding tert-OH is 1. The standard InChI is InChI=1S/C10H9F3N4O/c1-17-15-9(14-16-17)4-8(18)10-6(12)2-5(11)3-7(10)13/h2-3,8,18H,4H2,1H3. The summed E-state index contributed by atoms with van der Waals surface area (Å²) in [6.45, 7) is 0. The van der Waals surface area contributed by atoms with Crippen molar-refractivity contribution in [2.75, 3.05) is 0 Å².